The van der Waals surface area contributed by atoms with Gasteiger partial charge in [0.2, 0.25) is 5.91 Å². The van der Waals surface area contributed by atoms with Gasteiger partial charge >= 0.3 is 0 Å². The average molecular weight is 396 g/mol. The van der Waals surface area contributed by atoms with Crippen molar-refractivity contribution >= 4 is 11.9 Å². The molecule has 1 N–H and O–H groups in total. The molecule has 3 aliphatic rings. The van der Waals surface area contributed by atoms with Crippen LogP contribution in [-0.4, -0.2) is 59.2 Å². The van der Waals surface area contributed by atoms with Crippen LogP contribution in [0.25, 0.3) is 11.5 Å². The van der Waals surface area contributed by atoms with Crippen molar-refractivity contribution in [1.82, 2.24) is 20.4 Å². The van der Waals surface area contributed by atoms with Crippen LogP contribution in [0.2, 0.25) is 0 Å². The van der Waals surface area contributed by atoms with Crippen LogP contribution in [0.3, 0.4) is 0 Å². The fourth-order valence-electron chi connectivity index (χ4n) is 4.57. The van der Waals surface area contributed by atoms with E-state index in [9.17, 15) is 4.79 Å². The average Bonchev–Trinajstić information content (AvgIpc) is 3.46. The number of nitrogens with zero attached hydrogens (tertiary/aromatic N) is 4. The summed E-state index contributed by atoms with van der Waals surface area (Å²) in [7, 11) is 0. The molecule has 2 aliphatic heterocycles. The summed E-state index contributed by atoms with van der Waals surface area (Å²) in [6.45, 7) is 3.86. The zero-order chi connectivity index (χ0) is 19.6. The van der Waals surface area contributed by atoms with Gasteiger partial charge in [0.05, 0.1) is 5.92 Å². The third kappa shape index (κ3) is 4.29. The van der Waals surface area contributed by atoms with Gasteiger partial charge in [0.15, 0.2) is 0 Å². The topological polar surface area (TPSA) is 74.5 Å². The Bertz CT molecular complexity index is 827. The second-order valence-corrected chi connectivity index (χ2v) is 8.60. The third-order valence-corrected chi connectivity index (χ3v) is 6.45. The lowest BCUT2D eigenvalue weighted by Gasteiger charge is -2.41. The minimum atomic E-state index is 0.160. The first kappa shape index (κ1) is 18.6. The van der Waals surface area contributed by atoms with Gasteiger partial charge in [0.1, 0.15) is 0 Å². The number of hydrogen-bond donors (Lipinski definition) is 1. The molecule has 0 bridgehead atoms. The van der Waals surface area contributed by atoms with Crippen LogP contribution in [0.15, 0.2) is 34.9 Å². The zero-order valence-electron chi connectivity index (χ0n) is 16.8. The van der Waals surface area contributed by atoms with Crippen molar-refractivity contribution in [3.63, 3.8) is 0 Å². The Balaban J connectivity index is 1.15. The van der Waals surface area contributed by atoms with Gasteiger partial charge < -0.3 is 14.7 Å². The van der Waals surface area contributed by atoms with Crippen LogP contribution < -0.4 is 10.2 Å². The first-order valence-corrected chi connectivity index (χ1v) is 10.9. The molecule has 1 atom stereocenters. The van der Waals surface area contributed by atoms with Crippen molar-refractivity contribution < 1.29 is 9.32 Å². The van der Waals surface area contributed by atoms with Crippen molar-refractivity contribution in [2.24, 2.45) is 5.92 Å². The highest BCUT2D eigenvalue weighted by molar-refractivity contribution is 5.79. The van der Waals surface area contributed by atoms with Gasteiger partial charge in [0.25, 0.3) is 11.8 Å². The van der Waals surface area contributed by atoms with Crippen molar-refractivity contribution in [3.05, 3.63) is 30.3 Å². The molecule has 3 heterocycles. The van der Waals surface area contributed by atoms with E-state index in [0.717, 1.165) is 70.3 Å². The second kappa shape index (κ2) is 8.14. The van der Waals surface area contributed by atoms with E-state index in [0.29, 0.717) is 23.9 Å². The molecule has 154 valence electrons. The van der Waals surface area contributed by atoms with E-state index in [1.54, 1.807) is 0 Å². The number of amides is 1. The van der Waals surface area contributed by atoms with E-state index in [4.69, 9.17) is 4.52 Å². The molecule has 1 saturated carbocycles. The lowest BCUT2D eigenvalue weighted by molar-refractivity contribution is -0.127. The highest BCUT2D eigenvalue weighted by Gasteiger charge is 2.34. The van der Waals surface area contributed by atoms with Crippen LogP contribution in [0.5, 0.6) is 0 Å². The molecule has 29 heavy (non-hydrogen) atoms. The Morgan fingerprint density at radius 1 is 1.03 bits per heavy atom. The molecule has 1 aliphatic carbocycles. The number of benzene rings is 1. The predicted octanol–water partition coefficient (Wildman–Crippen LogP) is 2.70. The monoisotopic (exact) mass is 395 g/mol. The maximum atomic E-state index is 12.5. The predicted molar refractivity (Wildman–Crippen MR) is 110 cm³/mol. The summed E-state index contributed by atoms with van der Waals surface area (Å²) in [5.41, 5.74) is 0.949. The van der Waals surface area contributed by atoms with Crippen LogP contribution >= 0.6 is 0 Å². The molecule has 0 radical (unpaired) electrons. The Hall–Kier alpha value is -2.41. The number of nitrogens with one attached hydrogen (secondary N) is 1. The molecule has 7 nitrogen and oxygen atoms in total. The lowest BCUT2D eigenvalue weighted by atomic mass is 9.93. The number of carbonyl (C=O) groups is 1. The highest BCUT2D eigenvalue weighted by atomic mass is 16.5. The van der Waals surface area contributed by atoms with E-state index in [1.807, 2.05) is 30.3 Å². The summed E-state index contributed by atoms with van der Waals surface area (Å²) in [6.07, 6.45) is 6.61. The van der Waals surface area contributed by atoms with E-state index < -0.39 is 0 Å². The maximum absolute atomic E-state index is 12.5. The van der Waals surface area contributed by atoms with Gasteiger partial charge in [0, 0.05) is 37.3 Å². The number of piperidine rings is 2. The summed E-state index contributed by atoms with van der Waals surface area (Å²) in [4.78, 5) is 21.8. The highest BCUT2D eigenvalue weighted by Crippen LogP contribution is 2.27. The van der Waals surface area contributed by atoms with Crippen molar-refractivity contribution in [2.75, 3.05) is 31.1 Å². The minimum absolute atomic E-state index is 0.160. The fourth-order valence-corrected chi connectivity index (χ4v) is 4.57. The van der Waals surface area contributed by atoms with Crippen LogP contribution in [0.1, 0.15) is 38.5 Å². The summed E-state index contributed by atoms with van der Waals surface area (Å²) in [5, 5.41) is 7.39. The van der Waals surface area contributed by atoms with E-state index in [-0.39, 0.29) is 11.8 Å². The van der Waals surface area contributed by atoms with Gasteiger partial charge in [-0.3, -0.25) is 9.69 Å². The first-order valence-electron chi connectivity index (χ1n) is 10.9. The van der Waals surface area contributed by atoms with E-state index >= 15 is 0 Å². The molecule has 3 fully saturated rings. The SMILES string of the molecule is O=C(NC1CC1)C1CCCN(C2CCN(c3noc(-c4ccccc4)n3)CC2)C1. The molecule has 0 spiro atoms. The second-order valence-electron chi connectivity index (χ2n) is 8.60. The Morgan fingerprint density at radius 3 is 2.59 bits per heavy atom. The molecule has 1 aromatic heterocycles. The summed E-state index contributed by atoms with van der Waals surface area (Å²) < 4.78 is 5.47. The standard InChI is InChI=1S/C22H29N5O2/c28-20(23-18-8-9-18)17-7-4-12-27(15-17)19-10-13-26(14-11-19)22-24-21(29-25-22)16-5-2-1-3-6-16/h1-3,5-6,17-19H,4,7-15H2,(H,23,28). The normalized spacial score (nSPS) is 23.9. The first-order chi connectivity index (χ1) is 14.3. The minimum Gasteiger partial charge on any atom is -0.353 e. The number of aromatic nitrogens is 2. The molecule has 2 saturated heterocycles. The molecule has 5 rings (SSSR count). The third-order valence-electron chi connectivity index (χ3n) is 6.45. The summed E-state index contributed by atoms with van der Waals surface area (Å²) >= 11 is 0. The Kier molecular flexibility index (Phi) is 5.23. The van der Waals surface area contributed by atoms with Gasteiger partial charge in [-0.05, 0) is 62.4 Å². The van der Waals surface area contributed by atoms with Crippen molar-refractivity contribution in [2.45, 2.75) is 50.6 Å². The van der Waals surface area contributed by atoms with Gasteiger partial charge in [-0.1, -0.05) is 18.2 Å². The largest absolute Gasteiger partial charge is 0.353 e. The smallest absolute Gasteiger partial charge is 0.266 e. The molecular weight excluding hydrogens is 366 g/mol. The van der Waals surface area contributed by atoms with Crippen LogP contribution in [0.4, 0.5) is 5.95 Å². The Labute approximate surface area is 171 Å². The summed E-state index contributed by atoms with van der Waals surface area (Å²) in [6, 6.07) is 10.9. The van der Waals surface area contributed by atoms with Crippen molar-refractivity contribution in [1.29, 1.82) is 0 Å². The number of likely N-dealkylation sites (tertiary alicyclic amines) is 1. The molecule has 7 heteroatoms. The number of rotatable bonds is 5. The summed E-state index contributed by atoms with van der Waals surface area (Å²) in [5.74, 6) is 1.69. The van der Waals surface area contributed by atoms with E-state index in [2.05, 4.69) is 25.3 Å². The molecule has 1 unspecified atom stereocenters. The Morgan fingerprint density at radius 2 is 1.83 bits per heavy atom. The fraction of sp³-hybridized carbons (Fsp3) is 0.591. The number of hydrogen-bond acceptors (Lipinski definition) is 6. The zero-order valence-corrected chi connectivity index (χ0v) is 16.8. The van der Waals surface area contributed by atoms with Gasteiger partial charge in [-0.15, -0.1) is 0 Å². The van der Waals surface area contributed by atoms with Crippen LogP contribution in [0, 0.1) is 5.92 Å². The number of anilines is 1. The van der Waals surface area contributed by atoms with Gasteiger partial charge in [-0.2, -0.15) is 4.98 Å². The van der Waals surface area contributed by atoms with Crippen LogP contribution in [-0.2, 0) is 4.79 Å². The lowest BCUT2D eigenvalue weighted by Crippen LogP contribution is -2.51. The van der Waals surface area contributed by atoms with E-state index in [1.165, 1.54) is 0 Å². The maximum Gasteiger partial charge on any atom is 0.266 e. The molecular formula is C22H29N5O2. The van der Waals surface area contributed by atoms with Crippen molar-refractivity contribution in [3.8, 4) is 11.5 Å². The molecule has 2 aromatic rings. The van der Waals surface area contributed by atoms with Gasteiger partial charge in [-0.25, -0.2) is 0 Å². The molecule has 1 amide bonds. The quantitative estimate of drug-likeness (QED) is 0.839. The molecule has 1 aromatic carbocycles. The number of carbonyl (C=O) groups excluding carboxylic acids is 1.